The van der Waals surface area contributed by atoms with Crippen LogP contribution in [0.15, 0.2) is 69.6 Å². The number of aromatic nitrogens is 1. The molecule has 0 aliphatic rings. The minimum atomic E-state index is -0.320. The highest BCUT2D eigenvalue weighted by Crippen LogP contribution is 2.34. The largest absolute Gasteiger partial charge is 0.497 e. The second-order valence-corrected chi connectivity index (χ2v) is 8.97. The van der Waals surface area contributed by atoms with E-state index in [0.29, 0.717) is 28.3 Å². The average Bonchev–Trinajstić information content (AvgIpc) is 3.22. The molecular weight excluding hydrogens is 478 g/mol. The van der Waals surface area contributed by atoms with Crippen molar-refractivity contribution in [1.29, 1.82) is 0 Å². The maximum absolute atomic E-state index is 13.0. The molecule has 1 N–H and O–H groups in total. The van der Waals surface area contributed by atoms with Crippen LogP contribution in [0.5, 0.6) is 11.5 Å². The number of halogens is 1. The van der Waals surface area contributed by atoms with E-state index in [2.05, 4.69) is 26.5 Å². The van der Waals surface area contributed by atoms with Gasteiger partial charge in [-0.05, 0) is 52.3 Å². The van der Waals surface area contributed by atoms with Crippen LogP contribution in [0.3, 0.4) is 0 Å². The monoisotopic (exact) mass is 495 g/mol. The van der Waals surface area contributed by atoms with Gasteiger partial charge in [-0.3, -0.25) is 4.79 Å². The molecule has 1 amide bonds. The molecule has 0 bridgehead atoms. The number of para-hydroxylation sites is 1. The number of benzene rings is 2. The Hall–Kier alpha value is -3.23. The zero-order chi connectivity index (χ0) is 21.8. The smallest absolute Gasteiger partial charge is 0.272 e. The summed E-state index contributed by atoms with van der Waals surface area (Å²) in [6.45, 7) is 0. The van der Waals surface area contributed by atoms with Crippen LogP contribution in [0.1, 0.15) is 15.2 Å². The topological polar surface area (TPSA) is 72.8 Å². The number of carbonyl (C=O) groups is 1. The van der Waals surface area contributed by atoms with E-state index >= 15 is 0 Å². The van der Waals surface area contributed by atoms with Gasteiger partial charge in [-0.15, -0.1) is 11.3 Å². The van der Waals surface area contributed by atoms with Crippen LogP contribution in [0.4, 0.5) is 0 Å². The van der Waals surface area contributed by atoms with E-state index < -0.39 is 0 Å². The molecule has 2 aromatic heterocycles. The lowest BCUT2D eigenvalue weighted by Gasteiger charge is -2.12. The van der Waals surface area contributed by atoms with Crippen molar-refractivity contribution in [3.05, 3.63) is 74.9 Å². The number of nitrogens with zero attached hydrogens (tertiary/aromatic N) is 2. The van der Waals surface area contributed by atoms with Gasteiger partial charge in [-0.2, -0.15) is 5.10 Å². The van der Waals surface area contributed by atoms with Crippen molar-refractivity contribution < 1.29 is 14.3 Å². The van der Waals surface area contributed by atoms with Gasteiger partial charge in [0.25, 0.3) is 5.91 Å². The SMILES string of the molecule is COc1ccc(-c2cc(C(=O)NN=Cc3ccc(Br)s3)c3ccccc3n2)c(OC)c1. The quantitative estimate of drug-likeness (QED) is 0.282. The molecule has 0 radical (unpaired) electrons. The van der Waals surface area contributed by atoms with Gasteiger partial charge in [-0.25, -0.2) is 10.4 Å². The fourth-order valence-electron chi connectivity index (χ4n) is 3.12. The summed E-state index contributed by atoms with van der Waals surface area (Å²) in [7, 11) is 3.19. The number of thiophene rings is 1. The Bertz CT molecular complexity index is 1290. The van der Waals surface area contributed by atoms with E-state index in [9.17, 15) is 4.79 Å². The van der Waals surface area contributed by atoms with E-state index in [1.165, 1.54) is 11.3 Å². The van der Waals surface area contributed by atoms with Crippen LogP contribution in [-0.2, 0) is 0 Å². The van der Waals surface area contributed by atoms with Gasteiger partial charge in [-0.1, -0.05) is 18.2 Å². The van der Waals surface area contributed by atoms with Crippen LogP contribution >= 0.6 is 27.3 Å². The summed E-state index contributed by atoms with van der Waals surface area (Å²) in [5, 5.41) is 4.84. The first-order valence-corrected chi connectivity index (χ1v) is 10.9. The molecule has 0 spiro atoms. The number of amides is 1. The van der Waals surface area contributed by atoms with Crippen molar-refractivity contribution in [3.63, 3.8) is 0 Å². The third kappa shape index (κ3) is 4.60. The van der Waals surface area contributed by atoms with E-state index in [4.69, 9.17) is 14.5 Å². The van der Waals surface area contributed by atoms with E-state index in [-0.39, 0.29) is 5.91 Å². The maximum atomic E-state index is 13.0. The standard InChI is InChI=1S/C23H18BrN3O3S/c1-29-14-7-9-17(21(11-14)30-2)20-12-18(16-5-3-4-6-19(16)26-20)23(28)27-25-13-15-8-10-22(24)31-15/h3-13H,1-2H3,(H,27,28). The van der Waals surface area contributed by atoms with Gasteiger partial charge < -0.3 is 9.47 Å². The number of hydrogen-bond acceptors (Lipinski definition) is 6. The number of hydrazone groups is 1. The maximum Gasteiger partial charge on any atom is 0.272 e. The number of nitrogens with one attached hydrogen (secondary N) is 1. The average molecular weight is 496 g/mol. The fourth-order valence-corrected chi connectivity index (χ4v) is 4.42. The fraction of sp³-hybridized carbons (Fsp3) is 0.0870. The van der Waals surface area contributed by atoms with Crippen LogP contribution in [0.25, 0.3) is 22.2 Å². The second kappa shape index (κ2) is 9.28. The summed E-state index contributed by atoms with van der Waals surface area (Å²) in [4.78, 5) is 18.6. The summed E-state index contributed by atoms with van der Waals surface area (Å²) in [5.74, 6) is 0.961. The van der Waals surface area contributed by atoms with Crippen LogP contribution < -0.4 is 14.9 Å². The molecule has 0 saturated heterocycles. The van der Waals surface area contributed by atoms with E-state index in [1.807, 2.05) is 48.5 Å². The number of pyridine rings is 1. The molecule has 2 heterocycles. The van der Waals surface area contributed by atoms with Gasteiger partial charge in [0.05, 0.1) is 41.0 Å². The second-order valence-electron chi connectivity index (χ2n) is 6.48. The molecule has 0 aliphatic heterocycles. The molecular formula is C23H18BrN3O3S. The molecule has 156 valence electrons. The molecule has 0 aliphatic carbocycles. The lowest BCUT2D eigenvalue weighted by molar-refractivity contribution is 0.0956. The molecule has 0 unspecified atom stereocenters. The van der Waals surface area contributed by atoms with Gasteiger partial charge in [0.15, 0.2) is 0 Å². The Morgan fingerprint density at radius 2 is 1.94 bits per heavy atom. The zero-order valence-electron chi connectivity index (χ0n) is 16.8. The first-order chi connectivity index (χ1) is 15.1. The molecule has 4 aromatic rings. The van der Waals surface area contributed by atoms with Crippen molar-refractivity contribution in [1.82, 2.24) is 10.4 Å². The lowest BCUT2D eigenvalue weighted by Crippen LogP contribution is -2.18. The number of rotatable bonds is 6. The van der Waals surface area contributed by atoms with Crippen molar-refractivity contribution in [3.8, 4) is 22.8 Å². The molecule has 0 saturated carbocycles. The van der Waals surface area contributed by atoms with Crippen molar-refractivity contribution in [2.75, 3.05) is 14.2 Å². The molecule has 6 nitrogen and oxygen atoms in total. The number of methoxy groups -OCH3 is 2. The normalized spacial score (nSPS) is 11.1. The van der Waals surface area contributed by atoms with Gasteiger partial charge in [0.2, 0.25) is 0 Å². The van der Waals surface area contributed by atoms with Crippen LogP contribution in [-0.4, -0.2) is 31.3 Å². The lowest BCUT2D eigenvalue weighted by atomic mass is 10.0. The third-order valence-electron chi connectivity index (χ3n) is 4.60. The predicted molar refractivity (Wildman–Crippen MR) is 127 cm³/mol. The van der Waals surface area contributed by atoms with Gasteiger partial charge >= 0.3 is 0 Å². The van der Waals surface area contributed by atoms with Crippen molar-refractivity contribution in [2.24, 2.45) is 5.10 Å². The van der Waals surface area contributed by atoms with Gasteiger partial charge in [0, 0.05) is 21.9 Å². The summed E-state index contributed by atoms with van der Waals surface area (Å²) >= 11 is 4.94. The number of carbonyl (C=O) groups excluding carboxylic acids is 1. The number of fused-ring (bicyclic) bond motifs is 1. The first-order valence-electron chi connectivity index (χ1n) is 9.30. The molecule has 2 aromatic carbocycles. The van der Waals surface area contributed by atoms with E-state index in [1.54, 1.807) is 32.6 Å². The molecule has 0 atom stereocenters. The summed E-state index contributed by atoms with van der Waals surface area (Å²) < 4.78 is 11.8. The molecule has 0 fully saturated rings. The Balaban J connectivity index is 1.73. The summed E-state index contributed by atoms with van der Waals surface area (Å²) in [6.07, 6.45) is 1.62. The van der Waals surface area contributed by atoms with Gasteiger partial charge in [0.1, 0.15) is 11.5 Å². The molecule has 8 heteroatoms. The Morgan fingerprint density at radius 1 is 1.10 bits per heavy atom. The van der Waals surface area contributed by atoms with Crippen molar-refractivity contribution >= 4 is 50.3 Å². The predicted octanol–water partition coefficient (Wildman–Crippen LogP) is 5.51. The van der Waals surface area contributed by atoms with Crippen LogP contribution in [0.2, 0.25) is 0 Å². The summed E-state index contributed by atoms with van der Waals surface area (Å²) in [5.41, 5.74) is 5.17. The highest BCUT2D eigenvalue weighted by molar-refractivity contribution is 9.11. The zero-order valence-corrected chi connectivity index (χ0v) is 19.2. The van der Waals surface area contributed by atoms with Crippen molar-refractivity contribution in [2.45, 2.75) is 0 Å². The molecule has 4 rings (SSSR count). The van der Waals surface area contributed by atoms with E-state index in [0.717, 1.165) is 19.6 Å². The van der Waals surface area contributed by atoms with Crippen LogP contribution in [0, 0.1) is 0 Å². The highest BCUT2D eigenvalue weighted by Gasteiger charge is 2.16. The first kappa shape index (κ1) is 21.0. The third-order valence-corrected chi connectivity index (χ3v) is 6.16. The number of hydrogen-bond donors (Lipinski definition) is 1. The minimum Gasteiger partial charge on any atom is -0.497 e. The molecule has 31 heavy (non-hydrogen) atoms. The highest BCUT2D eigenvalue weighted by atomic mass is 79.9. The summed E-state index contributed by atoms with van der Waals surface area (Å²) in [6, 6.07) is 18.6. The minimum absolute atomic E-state index is 0.320. The number of ether oxygens (including phenoxy) is 2. The Morgan fingerprint density at radius 3 is 2.68 bits per heavy atom. The Kier molecular flexibility index (Phi) is 6.29. The Labute approximate surface area is 191 Å².